The van der Waals surface area contributed by atoms with Crippen LogP contribution >= 0.6 is 0 Å². The van der Waals surface area contributed by atoms with E-state index in [1.54, 1.807) is 7.11 Å². The van der Waals surface area contributed by atoms with E-state index < -0.39 is 0 Å². The summed E-state index contributed by atoms with van der Waals surface area (Å²) in [5.74, 6) is 0.385. The lowest BCUT2D eigenvalue weighted by atomic mass is 10.1. The van der Waals surface area contributed by atoms with E-state index in [4.69, 9.17) is 20.6 Å². The molecule has 8 heteroatoms. The Kier molecular flexibility index (Phi) is 9.99. The van der Waals surface area contributed by atoms with E-state index in [1.165, 1.54) is 5.56 Å². The summed E-state index contributed by atoms with van der Waals surface area (Å²) in [5, 5.41) is 14.0. The summed E-state index contributed by atoms with van der Waals surface area (Å²) in [6.07, 6.45) is 0. The third-order valence-corrected chi connectivity index (χ3v) is 3.46. The normalized spacial score (nSPS) is 11.8. The molecule has 1 aromatic carbocycles. The van der Waals surface area contributed by atoms with Crippen LogP contribution in [-0.4, -0.2) is 58.6 Å². The highest BCUT2D eigenvalue weighted by molar-refractivity contribution is 5.98. The smallest absolute Gasteiger partial charge is 0.171 e. The minimum atomic E-state index is -0.0989. The first-order chi connectivity index (χ1) is 12.5. The predicted octanol–water partition coefficient (Wildman–Crippen LogP) is 0.854. The van der Waals surface area contributed by atoms with E-state index in [-0.39, 0.29) is 18.3 Å². The van der Waals surface area contributed by atoms with Gasteiger partial charge in [0.1, 0.15) is 18.2 Å². The van der Waals surface area contributed by atoms with Crippen molar-refractivity contribution in [1.82, 2.24) is 15.5 Å². The fraction of sp³-hybridized carbons (Fsp3) is 0.444. The molecule has 0 fully saturated rings. The quantitative estimate of drug-likeness (QED) is 0.190. The highest BCUT2D eigenvalue weighted by Crippen LogP contribution is 2.07. The summed E-state index contributed by atoms with van der Waals surface area (Å²) >= 11 is 0. The molecule has 1 rings (SSSR count). The molecule has 0 aliphatic rings. The minimum absolute atomic E-state index is 0.0989. The number of nitrogens with two attached hydrogens (primary N) is 1. The molecule has 0 saturated carbocycles. The Morgan fingerprint density at radius 1 is 1.19 bits per heavy atom. The van der Waals surface area contributed by atoms with E-state index in [0.717, 1.165) is 12.1 Å². The summed E-state index contributed by atoms with van der Waals surface area (Å²) in [6.45, 7) is 5.99. The summed E-state index contributed by atoms with van der Waals surface area (Å²) in [5.41, 5.74) is 8.49. The lowest BCUT2D eigenvalue weighted by molar-refractivity contribution is 0.0636. The molecule has 0 aromatic heterocycles. The number of hydrogen-bond acceptors (Lipinski definition) is 7. The summed E-state index contributed by atoms with van der Waals surface area (Å²) in [7, 11) is 5.69. The summed E-state index contributed by atoms with van der Waals surface area (Å²) in [6, 6.07) is 8.31. The monoisotopic (exact) mass is 362 g/mol. The molecule has 0 saturated heterocycles. The van der Waals surface area contributed by atoms with Gasteiger partial charge in [0.25, 0.3) is 0 Å². The third kappa shape index (κ3) is 8.11. The fourth-order valence-electron chi connectivity index (χ4n) is 2.11. The van der Waals surface area contributed by atoms with Crippen molar-refractivity contribution in [2.45, 2.75) is 13.1 Å². The number of ether oxygens (including phenoxy) is 2. The Balaban J connectivity index is 2.67. The van der Waals surface area contributed by atoms with Crippen LogP contribution < -0.4 is 16.4 Å². The van der Waals surface area contributed by atoms with Crippen LogP contribution in [-0.2, 0) is 22.6 Å². The second kappa shape index (κ2) is 12.0. The van der Waals surface area contributed by atoms with Crippen LogP contribution in [0.25, 0.3) is 0 Å². The maximum absolute atomic E-state index is 7.74. The van der Waals surface area contributed by atoms with Crippen LogP contribution in [0.15, 0.2) is 40.8 Å². The molecule has 0 atom stereocenters. The molecule has 0 spiro atoms. The first-order valence-electron chi connectivity index (χ1n) is 8.30. The highest BCUT2D eigenvalue weighted by atomic mass is 16.5. The van der Waals surface area contributed by atoms with Crippen LogP contribution in [0.5, 0.6) is 0 Å². The SMILES string of the molecule is C=NC(=N)/C(N)=C(\NCOCCOC)NCc1ccc(CN(C)C)cc1. The Morgan fingerprint density at radius 3 is 2.42 bits per heavy atom. The Hall–Kier alpha value is -2.42. The number of amidine groups is 1. The second-order valence-corrected chi connectivity index (χ2v) is 5.93. The van der Waals surface area contributed by atoms with Gasteiger partial charge in [0, 0.05) is 20.2 Å². The zero-order valence-electron chi connectivity index (χ0n) is 15.8. The number of aliphatic imine (C=N–C) groups is 1. The molecule has 26 heavy (non-hydrogen) atoms. The second-order valence-electron chi connectivity index (χ2n) is 5.93. The first kappa shape index (κ1) is 21.6. The number of nitrogens with zero attached hydrogens (tertiary/aromatic N) is 2. The van der Waals surface area contributed by atoms with Crippen LogP contribution in [0, 0.1) is 5.41 Å². The van der Waals surface area contributed by atoms with Gasteiger partial charge in [-0.3, -0.25) is 5.41 Å². The largest absolute Gasteiger partial charge is 0.393 e. The molecule has 0 radical (unpaired) electrons. The van der Waals surface area contributed by atoms with Gasteiger partial charge >= 0.3 is 0 Å². The van der Waals surface area contributed by atoms with E-state index >= 15 is 0 Å². The van der Waals surface area contributed by atoms with Crippen LogP contribution in [0.2, 0.25) is 0 Å². The molecular formula is C18H30N6O2. The van der Waals surface area contributed by atoms with Crippen LogP contribution in [0.4, 0.5) is 0 Å². The molecule has 5 N–H and O–H groups in total. The minimum Gasteiger partial charge on any atom is -0.393 e. The molecule has 0 unspecified atom stereocenters. The number of hydrogen-bond donors (Lipinski definition) is 4. The van der Waals surface area contributed by atoms with Crippen molar-refractivity contribution in [3.63, 3.8) is 0 Å². The zero-order chi connectivity index (χ0) is 19.4. The van der Waals surface area contributed by atoms with Gasteiger partial charge in [-0.1, -0.05) is 24.3 Å². The molecule has 0 aliphatic heterocycles. The van der Waals surface area contributed by atoms with Gasteiger partial charge in [-0.05, 0) is 31.9 Å². The Bertz CT molecular complexity index is 598. The van der Waals surface area contributed by atoms with Crippen molar-refractivity contribution in [3.8, 4) is 0 Å². The molecule has 144 valence electrons. The Morgan fingerprint density at radius 2 is 1.85 bits per heavy atom. The molecule has 8 nitrogen and oxygen atoms in total. The van der Waals surface area contributed by atoms with E-state index in [9.17, 15) is 0 Å². The number of nitrogens with one attached hydrogen (secondary N) is 3. The summed E-state index contributed by atoms with van der Waals surface area (Å²) < 4.78 is 10.3. The zero-order valence-corrected chi connectivity index (χ0v) is 15.8. The van der Waals surface area contributed by atoms with Crippen molar-refractivity contribution in [2.24, 2.45) is 10.7 Å². The van der Waals surface area contributed by atoms with Gasteiger partial charge in [0.05, 0.1) is 13.2 Å². The number of methoxy groups -OCH3 is 1. The van der Waals surface area contributed by atoms with Gasteiger partial charge in [-0.2, -0.15) is 0 Å². The van der Waals surface area contributed by atoms with Crippen molar-refractivity contribution in [3.05, 3.63) is 46.9 Å². The van der Waals surface area contributed by atoms with Gasteiger partial charge in [-0.15, -0.1) is 0 Å². The topological polar surface area (TPSA) is 108 Å². The van der Waals surface area contributed by atoms with Crippen molar-refractivity contribution in [2.75, 3.05) is 41.1 Å². The lowest BCUT2D eigenvalue weighted by Crippen LogP contribution is -2.33. The Labute approximate surface area is 155 Å². The number of benzene rings is 1. The van der Waals surface area contributed by atoms with Crippen molar-refractivity contribution in [1.29, 1.82) is 5.41 Å². The molecular weight excluding hydrogens is 332 g/mol. The highest BCUT2D eigenvalue weighted by Gasteiger charge is 2.08. The molecule has 0 amide bonds. The molecule has 1 aromatic rings. The maximum Gasteiger partial charge on any atom is 0.171 e. The van der Waals surface area contributed by atoms with E-state index in [0.29, 0.717) is 25.6 Å². The summed E-state index contributed by atoms with van der Waals surface area (Å²) in [4.78, 5) is 5.69. The fourth-order valence-corrected chi connectivity index (χ4v) is 2.11. The van der Waals surface area contributed by atoms with E-state index in [2.05, 4.69) is 51.5 Å². The van der Waals surface area contributed by atoms with Crippen LogP contribution in [0.1, 0.15) is 11.1 Å². The lowest BCUT2D eigenvalue weighted by Gasteiger charge is -2.17. The number of rotatable bonds is 12. The average molecular weight is 362 g/mol. The maximum atomic E-state index is 7.74. The standard InChI is InChI=1S/C18H30N6O2/c1-21-17(20)16(19)18(23-13-26-10-9-25-4)22-11-14-5-7-15(8-6-14)12-24(2)3/h5-8,20,22-23H,1,9-13,19H2,2-4H3/b18-16+,20-17?. The van der Waals surface area contributed by atoms with Gasteiger partial charge < -0.3 is 30.7 Å². The van der Waals surface area contributed by atoms with Crippen molar-refractivity contribution >= 4 is 12.6 Å². The predicted molar refractivity (Wildman–Crippen MR) is 105 cm³/mol. The first-order valence-corrected chi connectivity index (χ1v) is 8.30. The van der Waals surface area contributed by atoms with E-state index in [1.807, 2.05) is 14.1 Å². The van der Waals surface area contributed by atoms with Gasteiger partial charge in [-0.25, -0.2) is 4.99 Å². The third-order valence-electron chi connectivity index (χ3n) is 3.46. The van der Waals surface area contributed by atoms with Gasteiger partial charge in [0.2, 0.25) is 0 Å². The molecule has 0 aliphatic carbocycles. The molecule has 0 bridgehead atoms. The molecule has 0 heterocycles. The van der Waals surface area contributed by atoms with Crippen LogP contribution in [0.3, 0.4) is 0 Å². The van der Waals surface area contributed by atoms with Gasteiger partial charge in [0.15, 0.2) is 5.84 Å². The average Bonchev–Trinajstić information content (AvgIpc) is 2.63. The van der Waals surface area contributed by atoms with Crippen molar-refractivity contribution < 1.29 is 9.47 Å².